The zero-order valence-corrected chi connectivity index (χ0v) is 15.4. The number of hydrogen-bond acceptors (Lipinski definition) is 3. The number of hydrogen-bond donors (Lipinski definition) is 1. The molecule has 1 aliphatic heterocycles. The summed E-state index contributed by atoms with van der Waals surface area (Å²) in [4.78, 5) is 15.1. The van der Waals surface area contributed by atoms with Crippen LogP contribution in [0.3, 0.4) is 0 Å². The summed E-state index contributed by atoms with van der Waals surface area (Å²) in [5.41, 5.74) is 0.0724. The molecule has 1 amide bonds. The highest BCUT2D eigenvalue weighted by Crippen LogP contribution is 2.46. The maximum absolute atomic E-state index is 12.9. The van der Waals surface area contributed by atoms with E-state index in [0.29, 0.717) is 18.1 Å². The lowest BCUT2D eigenvalue weighted by atomic mass is 9.63. The first-order valence-corrected chi connectivity index (χ1v) is 8.65. The standard InChI is InChI=1S/C17H32N2O2.ClH/c1-5-10-19(16(20)13-8-7-9-18-12-13)14-11-15(21-6-2)17(14,3)4;/h13-15,18H,5-12H2,1-4H3;1H. The smallest absolute Gasteiger partial charge is 0.227 e. The fourth-order valence-electron chi connectivity index (χ4n) is 3.83. The molecule has 4 nitrogen and oxygen atoms in total. The number of carbonyl (C=O) groups excluding carboxylic acids is 1. The van der Waals surface area contributed by atoms with Crippen molar-refractivity contribution >= 4 is 18.3 Å². The van der Waals surface area contributed by atoms with E-state index in [1.807, 2.05) is 6.92 Å². The summed E-state index contributed by atoms with van der Waals surface area (Å²) < 4.78 is 5.83. The molecule has 1 saturated heterocycles. The van der Waals surface area contributed by atoms with E-state index in [1.165, 1.54) is 0 Å². The van der Waals surface area contributed by atoms with E-state index in [4.69, 9.17) is 4.74 Å². The van der Waals surface area contributed by atoms with Gasteiger partial charge in [0, 0.05) is 31.2 Å². The molecule has 1 saturated carbocycles. The quantitative estimate of drug-likeness (QED) is 0.813. The summed E-state index contributed by atoms with van der Waals surface area (Å²) in [5.74, 6) is 0.532. The van der Waals surface area contributed by atoms with Crippen LogP contribution in [0.5, 0.6) is 0 Å². The molecular formula is C17H33ClN2O2. The van der Waals surface area contributed by atoms with Gasteiger partial charge in [-0.25, -0.2) is 0 Å². The zero-order chi connectivity index (χ0) is 15.5. The van der Waals surface area contributed by atoms with Crippen molar-refractivity contribution in [2.45, 2.75) is 65.5 Å². The van der Waals surface area contributed by atoms with Gasteiger partial charge in [0.25, 0.3) is 0 Å². The first-order valence-electron chi connectivity index (χ1n) is 8.65. The number of nitrogens with one attached hydrogen (secondary N) is 1. The van der Waals surface area contributed by atoms with Crippen LogP contribution in [0.4, 0.5) is 0 Å². The molecular weight excluding hydrogens is 300 g/mol. The minimum atomic E-state index is 0. The second-order valence-corrected chi connectivity index (χ2v) is 7.09. The van der Waals surface area contributed by atoms with Gasteiger partial charge >= 0.3 is 0 Å². The van der Waals surface area contributed by atoms with Crippen molar-refractivity contribution in [2.75, 3.05) is 26.2 Å². The largest absolute Gasteiger partial charge is 0.378 e. The van der Waals surface area contributed by atoms with Crippen molar-refractivity contribution in [3.63, 3.8) is 0 Å². The van der Waals surface area contributed by atoms with Crippen LogP contribution in [0.25, 0.3) is 0 Å². The van der Waals surface area contributed by atoms with E-state index in [2.05, 4.69) is 31.0 Å². The molecule has 0 bridgehead atoms. The predicted molar refractivity (Wildman–Crippen MR) is 92.4 cm³/mol. The molecule has 0 aromatic carbocycles. The van der Waals surface area contributed by atoms with E-state index in [9.17, 15) is 4.79 Å². The Bertz CT molecular complexity index is 357. The third-order valence-electron chi connectivity index (χ3n) is 5.26. The molecule has 1 N–H and O–H groups in total. The van der Waals surface area contributed by atoms with Gasteiger partial charge in [0.2, 0.25) is 5.91 Å². The fourth-order valence-corrected chi connectivity index (χ4v) is 3.83. The van der Waals surface area contributed by atoms with Crippen molar-refractivity contribution < 1.29 is 9.53 Å². The maximum Gasteiger partial charge on any atom is 0.227 e. The van der Waals surface area contributed by atoms with Crippen molar-refractivity contribution in [2.24, 2.45) is 11.3 Å². The minimum absolute atomic E-state index is 0. The lowest BCUT2D eigenvalue weighted by Gasteiger charge is -2.56. The summed E-state index contributed by atoms with van der Waals surface area (Å²) >= 11 is 0. The number of halogens is 1. The summed E-state index contributed by atoms with van der Waals surface area (Å²) in [6.45, 7) is 12.2. The summed E-state index contributed by atoms with van der Waals surface area (Å²) in [7, 11) is 0. The fraction of sp³-hybridized carbons (Fsp3) is 0.941. The van der Waals surface area contributed by atoms with Crippen LogP contribution < -0.4 is 5.32 Å². The van der Waals surface area contributed by atoms with Gasteiger partial charge in [-0.2, -0.15) is 0 Å². The molecule has 0 aromatic heterocycles. The highest BCUT2D eigenvalue weighted by molar-refractivity contribution is 5.85. The van der Waals surface area contributed by atoms with Gasteiger partial charge in [-0.3, -0.25) is 4.79 Å². The lowest BCUT2D eigenvalue weighted by Crippen LogP contribution is -2.64. The molecule has 0 aromatic rings. The van der Waals surface area contributed by atoms with Crippen molar-refractivity contribution in [3.05, 3.63) is 0 Å². The Kier molecular flexibility index (Phi) is 7.63. The van der Waals surface area contributed by atoms with E-state index >= 15 is 0 Å². The van der Waals surface area contributed by atoms with E-state index < -0.39 is 0 Å². The monoisotopic (exact) mass is 332 g/mol. The Hall–Kier alpha value is -0.320. The van der Waals surface area contributed by atoms with E-state index in [-0.39, 0.29) is 23.7 Å². The highest BCUT2D eigenvalue weighted by Gasteiger charge is 2.52. The minimum Gasteiger partial charge on any atom is -0.378 e. The molecule has 2 rings (SSSR count). The Balaban J connectivity index is 0.00000242. The number of ether oxygens (including phenoxy) is 1. The van der Waals surface area contributed by atoms with Crippen LogP contribution in [0, 0.1) is 11.3 Å². The molecule has 0 radical (unpaired) electrons. The summed E-state index contributed by atoms with van der Waals surface area (Å²) in [5, 5.41) is 3.37. The molecule has 2 aliphatic rings. The summed E-state index contributed by atoms with van der Waals surface area (Å²) in [6, 6.07) is 0.337. The van der Waals surface area contributed by atoms with E-state index in [0.717, 1.165) is 51.9 Å². The van der Waals surface area contributed by atoms with Gasteiger partial charge in [-0.15, -0.1) is 12.4 Å². The number of rotatable bonds is 6. The molecule has 0 spiro atoms. The number of nitrogens with zero attached hydrogens (tertiary/aromatic N) is 1. The first-order chi connectivity index (χ1) is 10.0. The van der Waals surface area contributed by atoms with Crippen molar-refractivity contribution in [3.8, 4) is 0 Å². The zero-order valence-electron chi connectivity index (χ0n) is 14.6. The van der Waals surface area contributed by atoms with Crippen molar-refractivity contribution in [1.29, 1.82) is 0 Å². The van der Waals surface area contributed by atoms with Gasteiger partial charge < -0.3 is 15.0 Å². The predicted octanol–water partition coefficient (Wildman–Crippen LogP) is 2.85. The lowest BCUT2D eigenvalue weighted by molar-refractivity contribution is -0.170. The Morgan fingerprint density at radius 2 is 2.09 bits per heavy atom. The van der Waals surface area contributed by atoms with E-state index in [1.54, 1.807) is 0 Å². The van der Waals surface area contributed by atoms with Crippen molar-refractivity contribution in [1.82, 2.24) is 10.2 Å². The second kappa shape index (κ2) is 8.51. The molecule has 3 atom stereocenters. The average molecular weight is 333 g/mol. The SMILES string of the molecule is CCCN(C(=O)C1CCCNC1)C1CC(OCC)C1(C)C.Cl. The molecule has 5 heteroatoms. The maximum atomic E-state index is 12.9. The third kappa shape index (κ3) is 3.95. The van der Waals surface area contributed by atoms with Crippen LogP contribution in [-0.2, 0) is 9.53 Å². The number of amides is 1. The Morgan fingerprint density at radius 3 is 2.59 bits per heavy atom. The van der Waals surface area contributed by atoms with Crippen LogP contribution in [-0.4, -0.2) is 49.2 Å². The molecule has 22 heavy (non-hydrogen) atoms. The van der Waals surface area contributed by atoms with Gasteiger partial charge in [0.15, 0.2) is 0 Å². The van der Waals surface area contributed by atoms with Crippen LogP contribution in [0.15, 0.2) is 0 Å². The molecule has 3 unspecified atom stereocenters. The topological polar surface area (TPSA) is 41.6 Å². The van der Waals surface area contributed by atoms with Gasteiger partial charge in [0.1, 0.15) is 0 Å². The average Bonchev–Trinajstić information content (AvgIpc) is 2.49. The van der Waals surface area contributed by atoms with Gasteiger partial charge in [-0.05, 0) is 39.2 Å². The first kappa shape index (κ1) is 19.7. The third-order valence-corrected chi connectivity index (χ3v) is 5.26. The van der Waals surface area contributed by atoms with Crippen LogP contribution in [0.1, 0.15) is 53.4 Å². The summed E-state index contributed by atoms with van der Waals surface area (Å²) in [6.07, 6.45) is 4.47. The highest BCUT2D eigenvalue weighted by atomic mass is 35.5. The number of carbonyl (C=O) groups is 1. The molecule has 1 aliphatic carbocycles. The van der Waals surface area contributed by atoms with Crippen LogP contribution >= 0.6 is 12.4 Å². The normalized spacial score (nSPS) is 30.1. The molecule has 1 heterocycles. The second-order valence-electron chi connectivity index (χ2n) is 7.09. The number of piperidine rings is 1. The molecule has 2 fully saturated rings. The van der Waals surface area contributed by atoms with Crippen LogP contribution in [0.2, 0.25) is 0 Å². The Morgan fingerprint density at radius 1 is 1.36 bits per heavy atom. The molecule has 130 valence electrons. The van der Waals surface area contributed by atoms with Gasteiger partial charge in [-0.1, -0.05) is 20.8 Å². The van der Waals surface area contributed by atoms with Gasteiger partial charge in [0.05, 0.1) is 12.0 Å². The Labute approximate surface area is 141 Å².